The second-order valence-electron chi connectivity index (χ2n) is 5.59. The summed E-state index contributed by atoms with van der Waals surface area (Å²) < 4.78 is 25.5. The van der Waals surface area contributed by atoms with Gasteiger partial charge in [-0.1, -0.05) is 30.1 Å². The summed E-state index contributed by atoms with van der Waals surface area (Å²) in [4.78, 5) is 12.2. The predicted octanol–water partition coefficient (Wildman–Crippen LogP) is 2.93. The third kappa shape index (κ3) is 4.83. The first kappa shape index (κ1) is 18.5. The fourth-order valence-corrected chi connectivity index (χ4v) is 4.41. The molecule has 0 aromatic heterocycles. The van der Waals surface area contributed by atoms with Crippen molar-refractivity contribution in [3.63, 3.8) is 0 Å². The van der Waals surface area contributed by atoms with E-state index in [-0.39, 0.29) is 17.7 Å². The number of rotatable bonds is 5. The largest absolute Gasteiger partial charge is 0.349 e. The highest BCUT2D eigenvalue weighted by molar-refractivity contribution is 7.89. The molecule has 1 N–H and O–H groups in total. The van der Waals surface area contributed by atoms with Crippen LogP contribution in [0.4, 0.5) is 0 Å². The number of piperidine rings is 1. The summed E-state index contributed by atoms with van der Waals surface area (Å²) >= 11 is 11.7. The van der Waals surface area contributed by atoms with E-state index in [2.05, 4.69) is 5.32 Å². The van der Waals surface area contributed by atoms with Crippen LogP contribution in [0, 0.1) is 0 Å². The summed E-state index contributed by atoms with van der Waals surface area (Å²) in [6.45, 7) is 2.73. The third-order valence-corrected chi connectivity index (χ3v) is 6.64. The molecule has 2 rings (SSSR count). The van der Waals surface area contributed by atoms with E-state index in [9.17, 15) is 13.2 Å². The molecule has 1 heterocycles. The maximum Gasteiger partial charge on any atom is 0.251 e. The molecule has 128 valence electrons. The zero-order valence-electron chi connectivity index (χ0n) is 12.9. The Hall–Kier alpha value is -0.820. The van der Waals surface area contributed by atoms with E-state index < -0.39 is 10.0 Å². The Bertz CT molecular complexity index is 671. The van der Waals surface area contributed by atoms with Gasteiger partial charge < -0.3 is 5.32 Å². The topological polar surface area (TPSA) is 66.5 Å². The molecular weight excluding hydrogens is 359 g/mol. The number of nitrogens with zero attached hydrogens (tertiary/aromatic N) is 1. The van der Waals surface area contributed by atoms with Crippen LogP contribution in [0.1, 0.15) is 36.5 Å². The monoisotopic (exact) mass is 378 g/mol. The molecule has 8 heteroatoms. The minimum atomic E-state index is -3.16. The molecule has 0 spiro atoms. The molecule has 1 aromatic rings. The van der Waals surface area contributed by atoms with Gasteiger partial charge >= 0.3 is 0 Å². The van der Waals surface area contributed by atoms with E-state index in [1.54, 1.807) is 12.1 Å². The smallest absolute Gasteiger partial charge is 0.251 e. The van der Waals surface area contributed by atoms with Crippen molar-refractivity contribution in [1.82, 2.24) is 9.62 Å². The molecule has 0 radical (unpaired) electrons. The molecule has 0 aliphatic carbocycles. The molecule has 1 amide bonds. The summed E-state index contributed by atoms with van der Waals surface area (Å²) in [7, 11) is -3.16. The maximum atomic E-state index is 12.2. The van der Waals surface area contributed by atoms with Crippen LogP contribution in [0.2, 0.25) is 10.0 Å². The molecule has 0 saturated carbocycles. The SMILES string of the molecule is CCCS(=O)(=O)N1CCC(NC(=O)c2ccc(Cl)c(Cl)c2)CC1. The van der Waals surface area contributed by atoms with E-state index in [1.165, 1.54) is 10.4 Å². The second-order valence-corrected chi connectivity index (χ2v) is 8.49. The summed E-state index contributed by atoms with van der Waals surface area (Å²) in [5.41, 5.74) is 0.445. The van der Waals surface area contributed by atoms with Crippen molar-refractivity contribution in [2.24, 2.45) is 0 Å². The van der Waals surface area contributed by atoms with Gasteiger partial charge in [-0.15, -0.1) is 0 Å². The quantitative estimate of drug-likeness (QED) is 0.856. The number of benzene rings is 1. The van der Waals surface area contributed by atoms with Gasteiger partial charge in [0.15, 0.2) is 0 Å². The van der Waals surface area contributed by atoms with E-state index in [0.717, 1.165) is 0 Å². The molecule has 1 fully saturated rings. The Morgan fingerprint density at radius 3 is 2.48 bits per heavy atom. The average molecular weight is 379 g/mol. The Labute approximate surface area is 147 Å². The van der Waals surface area contributed by atoms with Gasteiger partial charge in [0.1, 0.15) is 0 Å². The molecule has 5 nitrogen and oxygen atoms in total. The van der Waals surface area contributed by atoms with Crippen LogP contribution >= 0.6 is 23.2 Å². The van der Waals surface area contributed by atoms with Crippen LogP contribution in [0.5, 0.6) is 0 Å². The lowest BCUT2D eigenvalue weighted by Gasteiger charge is -2.31. The molecule has 0 atom stereocenters. The Morgan fingerprint density at radius 2 is 1.91 bits per heavy atom. The maximum absolute atomic E-state index is 12.2. The number of hydrogen-bond acceptors (Lipinski definition) is 3. The molecule has 0 bridgehead atoms. The first-order chi connectivity index (χ1) is 10.8. The van der Waals surface area contributed by atoms with E-state index in [1.807, 2.05) is 6.92 Å². The van der Waals surface area contributed by atoms with Crippen molar-refractivity contribution in [3.05, 3.63) is 33.8 Å². The number of carbonyl (C=O) groups is 1. The lowest BCUT2D eigenvalue weighted by molar-refractivity contribution is 0.0924. The summed E-state index contributed by atoms with van der Waals surface area (Å²) in [6.07, 6.45) is 1.82. The molecular formula is C15H20Cl2N2O3S. The lowest BCUT2D eigenvalue weighted by atomic mass is 10.1. The lowest BCUT2D eigenvalue weighted by Crippen LogP contribution is -2.47. The van der Waals surface area contributed by atoms with Crippen molar-refractivity contribution in [2.45, 2.75) is 32.2 Å². The number of carbonyl (C=O) groups excluding carboxylic acids is 1. The van der Waals surface area contributed by atoms with Gasteiger partial charge in [0.2, 0.25) is 10.0 Å². The van der Waals surface area contributed by atoms with E-state index >= 15 is 0 Å². The van der Waals surface area contributed by atoms with E-state index in [0.29, 0.717) is 48.0 Å². The first-order valence-electron chi connectivity index (χ1n) is 7.57. The van der Waals surface area contributed by atoms with Crippen molar-refractivity contribution in [2.75, 3.05) is 18.8 Å². The molecule has 0 unspecified atom stereocenters. The molecule has 1 aliphatic rings. The highest BCUT2D eigenvalue weighted by atomic mass is 35.5. The van der Waals surface area contributed by atoms with Gasteiger partial charge in [-0.2, -0.15) is 0 Å². The molecule has 23 heavy (non-hydrogen) atoms. The Morgan fingerprint density at radius 1 is 1.26 bits per heavy atom. The van der Waals surface area contributed by atoms with Crippen LogP contribution in [0.3, 0.4) is 0 Å². The van der Waals surface area contributed by atoms with Gasteiger partial charge in [0.05, 0.1) is 15.8 Å². The van der Waals surface area contributed by atoms with Gasteiger partial charge in [-0.3, -0.25) is 4.79 Å². The van der Waals surface area contributed by atoms with Crippen LogP contribution in [0.25, 0.3) is 0 Å². The Balaban J connectivity index is 1.91. The number of halogens is 2. The molecule has 1 saturated heterocycles. The van der Waals surface area contributed by atoms with Crippen molar-refractivity contribution >= 4 is 39.1 Å². The third-order valence-electron chi connectivity index (χ3n) is 3.83. The molecule has 1 aliphatic heterocycles. The Kier molecular flexibility index (Phi) is 6.31. The zero-order chi connectivity index (χ0) is 17.0. The van der Waals surface area contributed by atoms with E-state index in [4.69, 9.17) is 23.2 Å². The van der Waals surface area contributed by atoms with Crippen molar-refractivity contribution in [3.8, 4) is 0 Å². The number of hydrogen-bond donors (Lipinski definition) is 1. The van der Waals surface area contributed by atoms with Gasteiger partial charge in [0, 0.05) is 24.7 Å². The highest BCUT2D eigenvalue weighted by Crippen LogP contribution is 2.23. The molecule has 1 aromatic carbocycles. The summed E-state index contributed by atoms with van der Waals surface area (Å²) in [5, 5.41) is 3.66. The fourth-order valence-electron chi connectivity index (χ4n) is 2.57. The fraction of sp³-hybridized carbons (Fsp3) is 0.533. The first-order valence-corrected chi connectivity index (χ1v) is 9.93. The minimum absolute atomic E-state index is 0.0370. The van der Waals surface area contributed by atoms with Crippen LogP contribution < -0.4 is 5.32 Å². The normalized spacial score (nSPS) is 17.2. The highest BCUT2D eigenvalue weighted by Gasteiger charge is 2.28. The minimum Gasteiger partial charge on any atom is -0.349 e. The van der Waals surface area contributed by atoms with Gasteiger partial charge in [-0.25, -0.2) is 12.7 Å². The number of sulfonamides is 1. The average Bonchev–Trinajstić information content (AvgIpc) is 2.50. The summed E-state index contributed by atoms with van der Waals surface area (Å²) in [5.74, 6) is -0.0498. The number of nitrogens with one attached hydrogen (secondary N) is 1. The number of amides is 1. The predicted molar refractivity (Wildman–Crippen MR) is 92.6 cm³/mol. The second kappa shape index (κ2) is 7.83. The van der Waals surface area contributed by atoms with Crippen molar-refractivity contribution in [1.29, 1.82) is 0 Å². The standard InChI is InChI=1S/C15H20Cl2N2O3S/c1-2-9-23(21,22)19-7-5-12(6-8-19)18-15(20)11-3-4-13(16)14(17)10-11/h3-4,10,12H,2,5-9H2,1H3,(H,18,20). The van der Waals surface area contributed by atoms with Crippen LogP contribution in [-0.4, -0.2) is 43.5 Å². The van der Waals surface area contributed by atoms with Crippen LogP contribution in [-0.2, 0) is 10.0 Å². The van der Waals surface area contributed by atoms with Gasteiger partial charge in [-0.05, 0) is 37.5 Å². The summed E-state index contributed by atoms with van der Waals surface area (Å²) in [6, 6.07) is 4.69. The van der Waals surface area contributed by atoms with Gasteiger partial charge in [0.25, 0.3) is 5.91 Å². The van der Waals surface area contributed by atoms with Crippen molar-refractivity contribution < 1.29 is 13.2 Å². The zero-order valence-corrected chi connectivity index (χ0v) is 15.2. The van der Waals surface area contributed by atoms with Crippen LogP contribution in [0.15, 0.2) is 18.2 Å².